The Kier molecular flexibility index (Phi) is 4.06. The molecule has 0 bridgehead atoms. The Labute approximate surface area is 105 Å². The molecule has 2 nitrogen and oxygen atoms in total. The average molecular weight is 232 g/mol. The van der Waals surface area contributed by atoms with E-state index in [1.165, 1.54) is 42.6 Å². The van der Waals surface area contributed by atoms with Crippen molar-refractivity contribution in [3.63, 3.8) is 0 Å². The minimum atomic E-state index is 0.629. The van der Waals surface area contributed by atoms with E-state index in [4.69, 9.17) is 0 Å². The lowest BCUT2D eigenvalue weighted by Gasteiger charge is -2.36. The van der Waals surface area contributed by atoms with Crippen molar-refractivity contribution in [3.05, 3.63) is 29.3 Å². The molecule has 1 aromatic carbocycles. The van der Waals surface area contributed by atoms with Crippen molar-refractivity contribution in [2.24, 2.45) is 0 Å². The Morgan fingerprint density at radius 2 is 2.24 bits per heavy atom. The van der Waals surface area contributed by atoms with Gasteiger partial charge in [0, 0.05) is 18.3 Å². The van der Waals surface area contributed by atoms with Gasteiger partial charge in [-0.15, -0.1) is 0 Å². The van der Waals surface area contributed by atoms with E-state index in [-0.39, 0.29) is 0 Å². The Morgan fingerprint density at radius 3 is 3.00 bits per heavy atom. The fraction of sp³-hybridized carbons (Fsp3) is 0.600. The lowest BCUT2D eigenvalue weighted by molar-refractivity contribution is 0.546. The van der Waals surface area contributed by atoms with Crippen LogP contribution in [0.5, 0.6) is 0 Å². The van der Waals surface area contributed by atoms with E-state index in [1.807, 2.05) is 7.05 Å². The molecule has 2 rings (SSSR count). The van der Waals surface area contributed by atoms with Crippen LogP contribution in [0.4, 0.5) is 5.69 Å². The van der Waals surface area contributed by atoms with E-state index in [9.17, 15) is 0 Å². The number of nitrogens with zero attached hydrogens (tertiary/aromatic N) is 1. The van der Waals surface area contributed by atoms with E-state index in [2.05, 4.69) is 42.3 Å². The van der Waals surface area contributed by atoms with Gasteiger partial charge in [0.05, 0.1) is 0 Å². The number of rotatable bonds is 4. The Balaban J connectivity index is 2.16. The molecule has 1 heterocycles. The number of hydrogen-bond acceptors (Lipinski definition) is 2. The molecule has 1 N–H and O–H groups in total. The van der Waals surface area contributed by atoms with Crippen molar-refractivity contribution in [2.45, 2.75) is 39.2 Å². The predicted octanol–water partition coefficient (Wildman–Crippen LogP) is 2.75. The van der Waals surface area contributed by atoms with Gasteiger partial charge in [-0.1, -0.05) is 17.7 Å². The third-order valence-electron chi connectivity index (χ3n) is 3.73. The first-order valence-corrected chi connectivity index (χ1v) is 6.73. The van der Waals surface area contributed by atoms with Crippen LogP contribution in [0, 0.1) is 6.92 Å². The number of aryl methyl sites for hydroxylation is 2. The van der Waals surface area contributed by atoms with Crippen LogP contribution in [0.3, 0.4) is 0 Å². The Morgan fingerprint density at radius 1 is 1.41 bits per heavy atom. The van der Waals surface area contributed by atoms with E-state index in [0.29, 0.717) is 6.04 Å². The van der Waals surface area contributed by atoms with Gasteiger partial charge in [-0.3, -0.25) is 0 Å². The summed E-state index contributed by atoms with van der Waals surface area (Å²) in [4.78, 5) is 2.58. The van der Waals surface area contributed by atoms with Gasteiger partial charge in [0.1, 0.15) is 0 Å². The summed E-state index contributed by atoms with van der Waals surface area (Å²) in [6, 6.07) is 7.53. The SMILES string of the molecule is CNCCC(C)N1CCCc2cc(C)ccc21. The van der Waals surface area contributed by atoms with Crippen molar-refractivity contribution in [3.8, 4) is 0 Å². The zero-order valence-electron chi connectivity index (χ0n) is 11.3. The molecule has 1 unspecified atom stereocenters. The van der Waals surface area contributed by atoms with Crippen molar-refractivity contribution in [1.29, 1.82) is 0 Å². The summed E-state index contributed by atoms with van der Waals surface area (Å²) in [5.74, 6) is 0. The van der Waals surface area contributed by atoms with Gasteiger partial charge in [0.15, 0.2) is 0 Å². The first-order chi connectivity index (χ1) is 8.22. The van der Waals surface area contributed by atoms with E-state index in [0.717, 1.165) is 6.54 Å². The quantitative estimate of drug-likeness (QED) is 0.858. The molecule has 0 fully saturated rings. The second-order valence-corrected chi connectivity index (χ2v) is 5.17. The highest BCUT2D eigenvalue weighted by Gasteiger charge is 2.20. The molecule has 0 aliphatic carbocycles. The topological polar surface area (TPSA) is 15.3 Å². The maximum atomic E-state index is 3.24. The highest BCUT2D eigenvalue weighted by atomic mass is 15.2. The third kappa shape index (κ3) is 2.81. The van der Waals surface area contributed by atoms with Gasteiger partial charge in [-0.25, -0.2) is 0 Å². The van der Waals surface area contributed by atoms with Gasteiger partial charge >= 0.3 is 0 Å². The predicted molar refractivity (Wildman–Crippen MR) is 74.9 cm³/mol. The van der Waals surface area contributed by atoms with Crippen LogP contribution in [-0.2, 0) is 6.42 Å². The van der Waals surface area contributed by atoms with Crippen LogP contribution in [-0.4, -0.2) is 26.2 Å². The first-order valence-electron chi connectivity index (χ1n) is 6.73. The van der Waals surface area contributed by atoms with E-state index < -0.39 is 0 Å². The maximum absolute atomic E-state index is 3.24. The summed E-state index contributed by atoms with van der Waals surface area (Å²) >= 11 is 0. The minimum absolute atomic E-state index is 0.629. The van der Waals surface area contributed by atoms with Crippen LogP contribution in [0.1, 0.15) is 30.9 Å². The number of benzene rings is 1. The molecule has 0 aromatic heterocycles. The van der Waals surface area contributed by atoms with Crippen LogP contribution < -0.4 is 10.2 Å². The minimum Gasteiger partial charge on any atom is -0.369 e. The molecule has 94 valence electrons. The molecule has 1 atom stereocenters. The van der Waals surface area contributed by atoms with Crippen LogP contribution in [0.2, 0.25) is 0 Å². The summed E-state index contributed by atoms with van der Waals surface area (Å²) in [6.45, 7) is 6.83. The molecular weight excluding hydrogens is 208 g/mol. The first kappa shape index (κ1) is 12.4. The van der Waals surface area contributed by atoms with Gasteiger partial charge in [0.2, 0.25) is 0 Å². The maximum Gasteiger partial charge on any atom is 0.0401 e. The molecule has 0 amide bonds. The van der Waals surface area contributed by atoms with Gasteiger partial charge in [0.25, 0.3) is 0 Å². The molecule has 1 aromatic rings. The second-order valence-electron chi connectivity index (χ2n) is 5.17. The van der Waals surface area contributed by atoms with Gasteiger partial charge < -0.3 is 10.2 Å². The lowest BCUT2D eigenvalue weighted by atomic mass is 9.97. The van der Waals surface area contributed by atoms with Crippen molar-refractivity contribution >= 4 is 5.69 Å². The van der Waals surface area contributed by atoms with Crippen molar-refractivity contribution in [1.82, 2.24) is 5.32 Å². The van der Waals surface area contributed by atoms with E-state index in [1.54, 1.807) is 0 Å². The number of nitrogens with one attached hydrogen (secondary N) is 1. The largest absolute Gasteiger partial charge is 0.369 e. The number of anilines is 1. The zero-order chi connectivity index (χ0) is 12.3. The standard InChI is InChI=1S/C15H24N2/c1-12-6-7-15-14(11-12)5-4-10-17(15)13(2)8-9-16-3/h6-7,11,13,16H,4-5,8-10H2,1-3H3. The zero-order valence-corrected chi connectivity index (χ0v) is 11.3. The molecule has 0 saturated carbocycles. The fourth-order valence-electron chi connectivity index (χ4n) is 2.72. The molecule has 0 radical (unpaired) electrons. The summed E-state index contributed by atoms with van der Waals surface area (Å²) in [5.41, 5.74) is 4.38. The molecule has 0 saturated heterocycles. The van der Waals surface area contributed by atoms with E-state index >= 15 is 0 Å². The smallest absolute Gasteiger partial charge is 0.0401 e. The molecule has 2 heteroatoms. The van der Waals surface area contributed by atoms with Crippen molar-refractivity contribution < 1.29 is 0 Å². The van der Waals surface area contributed by atoms with Gasteiger partial charge in [-0.2, -0.15) is 0 Å². The Hall–Kier alpha value is -1.02. The van der Waals surface area contributed by atoms with Gasteiger partial charge in [-0.05, 0) is 58.3 Å². The third-order valence-corrected chi connectivity index (χ3v) is 3.73. The fourth-order valence-corrected chi connectivity index (χ4v) is 2.72. The molecule has 17 heavy (non-hydrogen) atoms. The monoisotopic (exact) mass is 232 g/mol. The lowest BCUT2D eigenvalue weighted by Crippen LogP contribution is -2.38. The Bertz CT molecular complexity index is 373. The molecule has 0 spiro atoms. The highest BCUT2D eigenvalue weighted by molar-refractivity contribution is 5.57. The normalized spacial score (nSPS) is 16.8. The number of hydrogen-bond donors (Lipinski definition) is 1. The van der Waals surface area contributed by atoms with Crippen molar-refractivity contribution in [2.75, 3.05) is 25.0 Å². The number of fused-ring (bicyclic) bond motifs is 1. The van der Waals surface area contributed by atoms with Crippen LogP contribution >= 0.6 is 0 Å². The molecular formula is C15H24N2. The highest BCUT2D eigenvalue weighted by Crippen LogP contribution is 2.30. The summed E-state index contributed by atoms with van der Waals surface area (Å²) < 4.78 is 0. The second kappa shape index (κ2) is 5.54. The average Bonchev–Trinajstić information content (AvgIpc) is 2.34. The summed E-state index contributed by atoms with van der Waals surface area (Å²) in [6.07, 6.45) is 3.75. The summed E-state index contributed by atoms with van der Waals surface area (Å²) in [7, 11) is 2.03. The summed E-state index contributed by atoms with van der Waals surface area (Å²) in [5, 5.41) is 3.24. The molecule has 1 aliphatic heterocycles. The van der Waals surface area contributed by atoms with Crippen LogP contribution in [0.25, 0.3) is 0 Å². The molecule has 1 aliphatic rings. The van der Waals surface area contributed by atoms with Crippen LogP contribution in [0.15, 0.2) is 18.2 Å².